The van der Waals surface area contributed by atoms with Crippen molar-refractivity contribution in [3.8, 4) is 0 Å². The third kappa shape index (κ3) is 4.67. The highest BCUT2D eigenvalue weighted by Crippen LogP contribution is 2.28. The van der Waals surface area contributed by atoms with Crippen molar-refractivity contribution in [2.45, 2.75) is 52.7 Å². The average Bonchev–Trinajstić information content (AvgIpc) is 3.02. The van der Waals surface area contributed by atoms with E-state index < -0.39 is 0 Å². The first-order chi connectivity index (χ1) is 12.0. The molecule has 0 bridgehead atoms. The van der Waals surface area contributed by atoms with E-state index in [1.54, 1.807) is 7.11 Å². The van der Waals surface area contributed by atoms with Crippen LogP contribution in [0.15, 0.2) is 18.2 Å². The minimum Gasteiger partial charge on any atom is -0.378 e. The molecule has 1 saturated heterocycles. The fraction of sp³-hybridized carbons (Fsp3) is 0.600. The molecule has 1 N–H and O–H groups in total. The van der Waals surface area contributed by atoms with Gasteiger partial charge in [0.25, 0.3) is 0 Å². The number of nitrogens with one attached hydrogen (secondary N) is 1. The molecule has 0 aliphatic carbocycles. The Morgan fingerprint density at radius 1 is 1.28 bits per heavy atom. The van der Waals surface area contributed by atoms with Crippen LogP contribution in [0.4, 0.5) is 0 Å². The lowest BCUT2D eigenvalue weighted by Gasteiger charge is -2.36. The van der Waals surface area contributed by atoms with Gasteiger partial charge in [-0.1, -0.05) is 0 Å². The standard InChI is InChI=1S/C20H30N4O/c1-14-8-18(9-15(2)21-14)10-17-6-5-7-24(12-17)16(3)20-11-19(13-25-4)22-23-20/h8-9,11,16-17H,5-7,10,12-13H2,1-4H3,(H,22,23). The molecule has 5 heteroatoms. The van der Waals surface area contributed by atoms with Gasteiger partial charge in [0, 0.05) is 25.0 Å². The van der Waals surface area contributed by atoms with Gasteiger partial charge in [0.05, 0.1) is 24.0 Å². The summed E-state index contributed by atoms with van der Waals surface area (Å²) in [6, 6.07) is 6.94. The van der Waals surface area contributed by atoms with Gasteiger partial charge >= 0.3 is 0 Å². The van der Waals surface area contributed by atoms with Crippen molar-refractivity contribution in [1.82, 2.24) is 20.1 Å². The molecule has 0 aromatic carbocycles. The van der Waals surface area contributed by atoms with E-state index in [1.165, 1.54) is 18.4 Å². The number of aromatic nitrogens is 3. The fourth-order valence-corrected chi connectivity index (χ4v) is 4.00. The molecule has 5 nitrogen and oxygen atoms in total. The summed E-state index contributed by atoms with van der Waals surface area (Å²) in [5.41, 5.74) is 5.83. The fourth-order valence-electron chi connectivity index (χ4n) is 4.00. The lowest BCUT2D eigenvalue weighted by molar-refractivity contribution is 0.129. The summed E-state index contributed by atoms with van der Waals surface area (Å²) in [5.74, 6) is 0.704. The first kappa shape index (κ1) is 18.1. The van der Waals surface area contributed by atoms with Crippen molar-refractivity contribution in [1.29, 1.82) is 0 Å². The Morgan fingerprint density at radius 2 is 2.04 bits per heavy atom. The maximum Gasteiger partial charge on any atom is 0.0878 e. The molecule has 2 aromatic heterocycles. The number of hydrogen-bond donors (Lipinski definition) is 1. The first-order valence-electron chi connectivity index (χ1n) is 9.26. The number of hydrogen-bond acceptors (Lipinski definition) is 4. The maximum atomic E-state index is 5.18. The second-order valence-electron chi connectivity index (χ2n) is 7.39. The Kier molecular flexibility index (Phi) is 5.86. The van der Waals surface area contributed by atoms with Gasteiger partial charge in [-0.15, -0.1) is 0 Å². The zero-order valence-corrected chi connectivity index (χ0v) is 15.9. The molecule has 2 atom stereocenters. The highest BCUT2D eigenvalue weighted by atomic mass is 16.5. The van der Waals surface area contributed by atoms with Gasteiger partial charge in [-0.3, -0.25) is 15.0 Å². The molecule has 136 valence electrons. The predicted molar refractivity (Wildman–Crippen MR) is 99.4 cm³/mol. The van der Waals surface area contributed by atoms with Crippen LogP contribution in [0.2, 0.25) is 0 Å². The summed E-state index contributed by atoms with van der Waals surface area (Å²) < 4.78 is 5.18. The lowest BCUT2D eigenvalue weighted by atomic mass is 9.90. The molecule has 3 rings (SSSR count). The SMILES string of the molecule is COCc1cc(C(C)N2CCCC(Cc3cc(C)nc(C)c3)C2)n[nH]1. The molecule has 1 aliphatic rings. The number of rotatable bonds is 6. The Balaban J connectivity index is 1.63. The molecule has 1 fully saturated rings. The second kappa shape index (κ2) is 8.11. The summed E-state index contributed by atoms with van der Waals surface area (Å²) in [4.78, 5) is 7.07. The van der Waals surface area contributed by atoms with E-state index in [0.29, 0.717) is 18.6 Å². The number of ether oxygens (including phenoxy) is 1. The Bertz CT molecular complexity index is 677. The van der Waals surface area contributed by atoms with Crippen molar-refractivity contribution >= 4 is 0 Å². The molecular weight excluding hydrogens is 312 g/mol. The van der Waals surface area contributed by atoms with Crippen LogP contribution in [0.5, 0.6) is 0 Å². The summed E-state index contributed by atoms with van der Waals surface area (Å²) in [6.45, 7) is 9.30. The Morgan fingerprint density at radius 3 is 2.76 bits per heavy atom. The highest BCUT2D eigenvalue weighted by molar-refractivity contribution is 5.21. The van der Waals surface area contributed by atoms with Crippen LogP contribution < -0.4 is 0 Å². The van der Waals surface area contributed by atoms with Gasteiger partial charge in [0.15, 0.2) is 0 Å². The molecule has 2 aromatic rings. The topological polar surface area (TPSA) is 54.0 Å². The summed E-state index contributed by atoms with van der Waals surface area (Å²) in [7, 11) is 1.71. The number of likely N-dealkylation sites (tertiary alicyclic amines) is 1. The number of nitrogens with zero attached hydrogens (tertiary/aromatic N) is 3. The third-order valence-electron chi connectivity index (χ3n) is 5.14. The van der Waals surface area contributed by atoms with E-state index in [-0.39, 0.29) is 0 Å². The van der Waals surface area contributed by atoms with Gasteiger partial charge in [0.2, 0.25) is 0 Å². The summed E-state index contributed by atoms with van der Waals surface area (Å²) >= 11 is 0. The average molecular weight is 342 g/mol. The number of piperidine rings is 1. The van der Waals surface area contributed by atoms with E-state index in [2.05, 4.69) is 59.1 Å². The maximum absolute atomic E-state index is 5.18. The van der Waals surface area contributed by atoms with E-state index >= 15 is 0 Å². The van der Waals surface area contributed by atoms with Crippen molar-refractivity contribution in [3.05, 3.63) is 46.5 Å². The van der Waals surface area contributed by atoms with Crippen molar-refractivity contribution in [3.63, 3.8) is 0 Å². The Labute approximate surface area is 150 Å². The number of aryl methyl sites for hydroxylation is 2. The second-order valence-corrected chi connectivity index (χ2v) is 7.39. The van der Waals surface area contributed by atoms with Crippen molar-refractivity contribution in [2.24, 2.45) is 5.92 Å². The normalized spacial score (nSPS) is 19.9. The summed E-state index contributed by atoms with van der Waals surface area (Å²) in [5, 5.41) is 7.57. The molecule has 3 heterocycles. The zero-order valence-electron chi connectivity index (χ0n) is 15.9. The van der Waals surface area contributed by atoms with Crippen molar-refractivity contribution in [2.75, 3.05) is 20.2 Å². The van der Waals surface area contributed by atoms with Crippen LogP contribution in [-0.2, 0) is 17.8 Å². The van der Waals surface area contributed by atoms with E-state index in [0.717, 1.165) is 42.3 Å². The molecule has 2 unspecified atom stereocenters. The monoisotopic (exact) mass is 342 g/mol. The number of methoxy groups -OCH3 is 1. The van der Waals surface area contributed by atoms with Crippen molar-refractivity contribution < 1.29 is 4.74 Å². The van der Waals surface area contributed by atoms with Crippen LogP contribution in [-0.4, -0.2) is 40.3 Å². The summed E-state index contributed by atoms with van der Waals surface area (Å²) in [6.07, 6.45) is 3.70. The Hall–Kier alpha value is -1.72. The van der Waals surface area contributed by atoms with E-state index in [4.69, 9.17) is 4.74 Å². The molecule has 0 saturated carbocycles. The van der Waals surface area contributed by atoms with Crippen LogP contribution in [0.25, 0.3) is 0 Å². The number of pyridine rings is 1. The van der Waals surface area contributed by atoms with Gasteiger partial charge in [-0.25, -0.2) is 0 Å². The highest BCUT2D eigenvalue weighted by Gasteiger charge is 2.26. The molecule has 0 radical (unpaired) electrons. The smallest absolute Gasteiger partial charge is 0.0878 e. The molecule has 25 heavy (non-hydrogen) atoms. The predicted octanol–water partition coefficient (Wildman–Crippen LogP) is 3.58. The van der Waals surface area contributed by atoms with Gasteiger partial charge in [-0.05, 0) is 76.3 Å². The minimum absolute atomic E-state index is 0.338. The molecular formula is C20H30N4O. The van der Waals surface area contributed by atoms with E-state index in [9.17, 15) is 0 Å². The molecule has 0 spiro atoms. The van der Waals surface area contributed by atoms with E-state index in [1.807, 2.05) is 0 Å². The largest absolute Gasteiger partial charge is 0.378 e. The lowest BCUT2D eigenvalue weighted by Crippen LogP contribution is -2.38. The van der Waals surface area contributed by atoms with Crippen LogP contribution in [0.1, 0.15) is 54.1 Å². The zero-order chi connectivity index (χ0) is 17.8. The first-order valence-corrected chi connectivity index (χ1v) is 9.26. The quantitative estimate of drug-likeness (QED) is 0.872. The van der Waals surface area contributed by atoms with Gasteiger partial charge in [-0.2, -0.15) is 5.10 Å². The van der Waals surface area contributed by atoms with Gasteiger partial charge in [0.1, 0.15) is 0 Å². The van der Waals surface area contributed by atoms with Gasteiger partial charge < -0.3 is 4.74 Å². The van der Waals surface area contributed by atoms with Crippen LogP contribution >= 0.6 is 0 Å². The van der Waals surface area contributed by atoms with Crippen LogP contribution in [0, 0.1) is 19.8 Å². The van der Waals surface area contributed by atoms with Crippen LogP contribution in [0.3, 0.4) is 0 Å². The number of aromatic amines is 1. The molecule has 1 aliphatic heterocycles. The third-order valence-corrected chi connectivity index (χ3v) is 5.14. The number of H-pyrrole nitrogens is 1. The molecule has 0 amide bonds. The minimum atomic E-state index is 0.338.